The van der Waals surface area contributed by atoms with E-state index in [2.05, 4.69) is 35.3 Å². The normalized spacial score (nSPS) is 12.2. The first kappa shape index (κ1) is 22.1. The summed E-state index contributed by atoms with van der Waals surface area (Å²) in [7, 11) is 3.19. The molecule has 0 fully saturated rings. The molecule has 0 bridgehead atoms. The molecule has 1 amide bonds. The SMILES string of the molecule is CC[C@H](COC)NC(=O)c1cnn(-c2nccc(-c3cc(C)sc3C)n2)c1COC. The number of thiophene rings is 1. The van der Waals surface area contributed by atoms with Crippen molar-refractivity contribution in [3.63, 3.8) is 0 Å². The fourth-order valence-electron chi connectivity index (χ4n) is 3.22. The lowest BCUT2D eigenvalue weighted by atomic mass is 10.2. The van der Waals surface area contributed by atoms with Gasteiger partial charge in [-0.25, -0.2) is 9.97 Å². The van der Waals surface area contributed by atoms with Crippen LogP contribution in [-0.2, 0) is 16.1 Å². The lowest BCUT2D eigenvalue weighted by Gasteiger charge is -2.16. The molecule has 0 aliphatic carbocycles. The summed E-state index contributed by atoms with van der Waals surface area (Å²) in [5.41, 5.74) is 2.92. The quantitative estimate of drug-likeness (QED) is 0.561. The molecule has 1 N–H and O–H groups in total. The number of methoxy groups -OCH3 is 2. The number of hydrogen-bond acceptors (Lipinski definition) is 7. The van der Waals surface area contributed by atoms with Crippen molar-refractivity contribution >= 4 is 17.2 Å². The number of hydrogen-bond donors (Lipinski definition) is 1. The number of aromatic nitrogens is 4. The van der Waals surface area contributed by atoms with Crippen LogP contribution in [0.15, 0.2) is 24.5 Å². The van der Waals surface area contributed by atoms with Gasteiger partial charge >= 0.3 is 0 Å². The number of rotatable bonds is 9. The highest BCUT2D eigenvalue weighted by Gasteiger charge is 2.22. The molecule has 0 saturated heterocycles. The molecule has 0 unspecified atom stereocenters. The van der Waals surface area contributed by atoms with Gasteiger partial charge in [0.1, 0.15) is 0 Å². The smallest absolute Gasteiger partial charge is 0.255 e. The zero-order valence-electron chi connectivity index (χ0n) is 17.9. The first-order chi connectivity index (χ1) is 14.5. The van der Waals surface area contributed by atoms with Crippen molar-refractivity contribution in [3.8, 4) is 17.2 Å². The third kappa shape index (κ3) is 4.75. The third-order valence-corrected chi connectivity index (χ3v) is 5.71. The minimum absolute atomic E-state index is 0.0781. The summed E-state index contributed by atoms with van der Waals surface area (Å²) in [6, 6.07) is 3.91. The van der Waals surface area contributed by atoms with Gasteiger partial charge in [-0.15, -0.1) is 11.3 Å². The molecule has 160 valence electrons. The summed E-state index contributed by atoms with van der Waals surface area (Å²) < 4.78 is 12.1. The van der Waals surface area contributed by atoms with E-state index in [-0.39, 0.29) is 18.6 Å². The van der Waals surface area contributed by atoms with Crippen molar-refractivity contribution in [2.75, 3.05) is 20.8 Å². The Morgan fingerprint density at radius 3 is 2.73 bits per heavy atom. The lowest BCUT2D eigenvalue weighted by molar-refractivity contribution is 0.0889. The Balaban J connectivity index is 1.96. The molecule has 0 aliphatic heterocycles. The number of nitrogens with one attached hydrogen (secondary N) is 1. The maximum absolute atomic E-state index is 12.8. The molecule has 0 aromatic carbocycles. The first-order valence-electron chi connectivity index (χ1n) is 9.74. The van der Waals surface area contributed by atoms with Crippen molar-refractivity contribution in [2.45, 2.75) is 39.8 Å². The van der Waals surface area contributed by atoms with Crippen LogP contribution in [0.2, 0.25) is 0 Å². The van der Waals surface area contributed by atoms with Crippen LogP contribution >= 0.6 is 11.3 Å². The fraction of sp³-hybridized carbons (Fsp3) is 0.429. The van der Waals surface area contributed by atoms with Gasteiger partial charge in [0.25, 0.3) is 11.9 Å². The van der Waals surface area contributed by atoms with E-state index >= 15 is 0 Å². The van der Waals surface area contributed by atoms with Gasteiger partial charge in [-0.1, -0.05) is 6.92 Å². The molecule has 3 rings (SSSR count). The minimum atomic E-state index is -0.224. The van der Waals surface area contributed by atoms with Crippen LogP contribution in [-0.4, -0.2) is 52.5 Å². The fourth-order valence-corrected chi connectivity index (χ4v) is 4.16. The summed E-state index contributed by atoms with van der Waals surface area (Å²) in [6.45, 7) is 6.79. The van der Waals surface area contributed by atoms with Gasteiger partial charge < -0.3 is 14.8 Å². The van der Waals surface area contributed by atoms with Crippen molar-refractivity contribution < 1.29 is 14.3 Å². The molecule has 8 nitrogen and oxygen atoms in total. The van der Waals surface area contributed by atoms with Crippen molar-refractivity contribution in [1.82, 2.24) is 25.1 Å². The summed E-state index contributed by atoms with van der Waals surface area (Å²) in [4.78, 5) is 24.3. The average molecular weight is 430 g/mol. The van der Waals surface area contributed by atoms with E-state index in [0.29, 0.717) is 23.8 Å². The molecule has 0 saturated carbocycles. The predicted octanol–water partition coefficient (Wildman–Crippen LogP) is 3.31. The number of nitrogens with zero attached hydrogens (tertiary/aromatic N) is 4. The number of amides is 1. The molecule has 0 radical (unpaired) electrons. The topological polar surface area (TPSA) is 91.2 Å². The number of ether oxygens (including phenoxy) is 2. The van der Waals surface area contributed by atoms with Crippen LogP contribution < -0.4 is 5.32 Å². The van der Waals surface area contributed by atoms with Crippen molar-refractivity contribution in [2.24, 2.45) is 0 Å². The van der Waals surface area contributed by atoms with Crippen LogP contribution in [0, 0.1) is 13.8 Å². The van der Waals surface area contributed by atoms with Crippen LogP contribution in [0.4, 0.5) is 0 Å². The van der Waals surface area contributed by atoms with E-state index in [0.717, 1.165) is 17.7 Å². The van der Waals surface area contributed by atoms with E-state index in [9.17, 15) is 4.79 Å². The Morgan fingerprint density at radius 2 is 2.10 bits per heavy atom. The molecule has 3 heterocycles. The van der Waals surface area contributed by atoms with Gasteiger partial charge in [0.05, 0.1) is 42.4 Å². The van der Waals surface area contributed by atoms with Crippen molar-refractivity contribution in [3.05, 3.63) is 45.5 Å². The Hall–Kier alpha value is -2.62. The van der Waals surface area contributed by atoms with Gasteiger partial charge in [-0.05, 0) is 32.4 Å². The van der Waals surface area contributed by atoms with Gasteiger partial charge in [-0.2, -0.15) is 9.78 Å². The molecule has 3 aromatic rings. The molecule has 30 heavy (non-hydrogen) atoms. The summed E-state index contributed by atoms with van der Waals surface area (Å²) in [6.07, 6.45) is 3.99. The van der Waals surface area contributed by atoms with E-state index in [1.54, 1.807) is 36.4 Å². The van der Waals surface area contributed by atoms with Crippen LogP contribution in [0.5, 0.6) is 0 Å². The van der Waals surface area contributed by atoms with Gasteiger partial charge in [0.2, 0.25) is 0 Å². The zero-order valence-corrected chi connectivity index (χ0v) is 18.7. The van der Waals surface area contributed by atoms with Gasteiger partial charge in [0.15, 0.2) is 0 Å². The standard InChI is InChI=1S/C21H27N5O3S/c1-6-15(11-28-4)24-20(27)17-10-23-26(19(17)12-29-5)21-22-8-7-18(25-21)16-9-13(2)30-14(16)3/h7-10,15H,6,11-12H2,1-5H3,(H,24,27)/t15-/m1/s1. The summed E-state index contributed by atoms with van der Waals surface area (Å²) >= 11 is 1.73. The van der Waals surface area contributed by atoms with Crippen LogP contribution in [0.3, 0.4) is 0 Å². The molecule has 3 aromatic heterocycles. The molecule has 1 atom stereocenters. The molecule has 9 heteroatoms. The number of carbonyl (C=O) groups excluding carboxylic acids is 1. The highest BCUT2D eigenvalue weighted by molar-refractivity contribution is 7.12. The van der Waals surface area contributed by atoms with Crippen molar-refractivity contribution in [1.29, 1.82) is 0 Å². The molecule has 0 aliphatic rings. The van der Waals surface area contributed by atoms with E-state index < -0.39 is 0 Å². The van der Waals surface area contributed by atoms with Gasteiger partial charge in [-0.3, -0.25) is 4.79 Å². The first-order valence-corrected chi connectivity index (χ1v) is 10.6. The van der Waals surface area contributed by atoms with E-state index in [1.165, 1.54) is 16.0 Å². The Labute approximate surface area is 180 Å². The zero-order chi connectivity index (χ0) is 21.7. The van der Waals surface area contributed by atoms with Crippen LogP contribution in [0.1, 0.15) is 39.2 Å². The molecular weight excluding hydrogens is 402 g/mol. The maximum atomic E-state index is 12.8. The number of aryl methyl sites for hydroxylation is 2. The second-order valence-corrected chi connectivity index (χ2v) is 8.41. The highest BCUT2D eigenvalue weighted by Crippen LogP contribution is 2.29. The summed E-state index contributed by atoms with van der Waals surface area (Å²) in [5.74, 6) is 0.170. The Kier molecular flexibility index (Phi) is 7.30. The highest BCUT2D eigenvalue weighted by atomic mass is 32.1. The van der Waals surface area contributed by atoms with E-state index in [1.807, 2.05) is 13.0 Å². The predicted molar refractivity (Wildman–Crippen MR) is 116 cm³/mol. The van der Waals surface area contributed by atoms with Gasteiger partial charge in [0, 0.05) is 35.7 Å². The van der Waals surface area contributed by atoms with Crippen LogP contribution in [0.25, 0.3) is 17.2 Å². The molecule has 0 spiro atoms. The minimum Gasteiger partial charge on any atom is -0.383 e. The lowest BCUT2D eigenvalue weighted by Crippen LogP contribution is -2.37. The second-order valence-electron chi connectivity index (χ2n) is 6.95. The molecular formula is C21H27N5O3S. The monoisotopic (exact) mass is 429 g/mol. The second kappa shape index (κ2) is 9.92. The number of carbonyl (C=O) groups is 1. The Morgan fingerprint density at radius 1 is 1.30 bits per heavy atom. The van der Waals surface area contributed by atoms with E-state index in [4.69, 9.17) is 14.5 Å². The largest absolute Gasteiger partial charge is 0.383 e. The Bertz CT molecular complexity index is 1010. The third-order valence-electron chi connectivity index (χ3n) is 4.74. The average Bonchev–Trinajstić information content (AvgIpc) is 3.30. The summed E-state index contributed by atoms with van der Waals surface area (Å²) in [5, 5.41) is 7.37. The maximum Gasteiger partial charge on any atom is 0.255 e.